The van der Waals surface area contributed by atoms with E-state index in [0.29, 0.717) is 0 Å². The second kappa shape index (κ2) is 7.22. The number of esters is 1. The van der Waals surface area contributed by atoms with Crippen molar-refractivity contribution in [3.05, 3.63) is 0 Å². The predicted octanol–water partition coefficient (Wildman–Crippen LogP) is 0.308. The van der Waals surface area contributed by atoms with Crippen molar-refractivity contribution < 1.29 is 9.53 Å². The lowest BCUT2D eigenvalue weighted by Crippen LogP contribution is -2.41. The van der Waals surface area contributed by atoms with Crippen LogP contribution in [0.15, 0.2) is 0 Å². The van der Waals surface area contributed by atoms with Crippen molar-refractivity contribution in [2.45, 2.75) is 37.8 Å². The second-order valence-electron chi connectivity index (χ2n) is 5.64. The molecule has 0 aromatic heterocycles. The van der Waals surface area contributed by atoms with Crippen LogP contribution in [0.1, 0.15) is 25.7 Å². The molecule has 1 N–H and O–H groups in total. The molecule has 0 radical (unpaired) electrons. The molecule has 0 spiro atoms. The molecule has 5 heteroatoms. The van der Waals surface area contributed by atoms with Crippen LogP contribution in [0.4, 0.5) is 0 Å². The Labute approximate surface area is 116 Å². The summed E-state index contributed by atoms with van der Waals surface area (Å²) < 4.78 is 4.81. The maximum absolute atomic E-state index is 11.6. The monoisotopic (exact) mass is 269 g/mol. The standard InChI is InChI=1S/C14H27N3O2/c1-15-13(14(18)19-2)6-10-16-7-4-9-17-8-3-5-12(17)11-16/h12-13,15H,3-11H2,1-2H3. The van der Waals surface area contributed by atoms with Gasteiger partial charge in [-0.25, -0.2) is 0 Å². The number of rotatable bonds is 5. The molecule has 0 aromatic rings. The lowest BCUT2D eigenvalue weighted by atomic mass is 10.1. The Bertz CT molecular complexity index is 298. The van der Waals surface area contributed by atoms with Gasteiger partial charge in [-0.2, -0.15) is 0 Å². The van der Waals surface area contributed by atoms with Gasteiger partial charge in [-0.3, -0.25) is 9.69 Å². The van der Waals surface area contributed by atoms with Gasteiger partial charge in [-0.15, -0.1) is 0 Å². The van der Waals surface area contributed by atoms with Crippen LogP contribution in [0, 0.1) is 0 Å². The molecule has 2 aliphatic rings. The highest BCUT2D eigenvalue weighted by molar-refractivity contribution is 5.75. The average Bonchev–Trinajstić information content (AvgIpc) is 2.77. The molecule has 0 saturated carbocycles. The predicted molar refractivity (Wildman–Crippen MR) is 75.1 cm³/mol. The molecule has 110 valence electrons. The topological polar surface area (TPSA) is 44.8 Å². The molecule has 2 unspecified atom stereocenters. The Hall–Kier alpha value is -0.650. The van der Waals surface area contributed by atoms with Gasteiger partial charge in [-0.05, 0) is 52.4 Å². The zero-order valence-corrected chi connectivity index (χ0v) is 12.2. The Kier molecular flexibility index (Phi) is 5.60. The van der Waals surface area contributed by atoms with E-state index in [0.717, 1.165) is 32.1 Å². The summed E-state index contributed by atoms with van der Waals surface area (Å²) in [6.07, 6.45) is 4.76. The second-order valence-corrected chi connectivity index (χ2v) is 5.64. The summed E-state index contributed by atoms with van der Waals surface area (Å²) in [6, 6.07) is 0.571. The number of carbonyl (C=O) groups is 1. The minimum atomic E-state index is -0.173. The van der Waals surface area contributed by atoms with E-state index in [2.05, 4.69) is 15.1 Å². The van der Waals surface area contributed by atoms with Gasteiger partial charge >= 0.3 is 5.97 Å². The lowest BCUT2D eigenvalue weighted by molar-refractivity contribution is -0.143. The van der Waals surface area contributed by atoms with Gasteiger partial charge in [0.05, 0.1) is 7.11 Å². The number of fused-ring (bicyclic) bond motifs is 1. The number of likely N-dealkylation sites (N-methyl/N-ethyl adjacent to an activating group) is 1. The summed E-state index contributed by atoms with van der Waals surface area (Å²) in [5.74, 6) is -0.153. The summed E-state index contributed by atoms with van der Waals surface area (Å²) in [5, 5.41) is 3.04. The lowest BCUT2D eigenvalue weighted by Gasteiger charge is -2.26. The van der Waals surface area contributed by atoms with Crippen LogP contribution in [0.25, 0.3) is 0 Å². The highest BCUT2D eigenvalue weighted by Gasteiger charge is 2.29. The number of methoxy groups -OCH3 is 1. The minimum Gasteiger partial charge on any atom is -0.468 e. The summed E-state index contributed by atoms with van der Waals surface area (Å²) in [6.45, 7) is 5.82. The molecule has 0 amide bonds. The van der Waals surface area contributed by atoms with Crippen molar-refractivity contribution in [3.63, 3.8) is 0 Å². The molecule has 2 fully saturated rings. The van der Waals surface area contributed by atoms with Crippen molar-refractivity contribution in [1.29, 1.82) is 0 Å². The van der Waals surface area contributed by atoms with Gasteiger partial charge in [0, 0.05) is 19.1 Å². The van der Waals surface area contributed by atoms with Gasteiger partial charge in [-0.1, -0.05) is 0 Å². The zero-order valence-electron chi connectivity index (χ0n) is 12.2. The van der Waals surface area contributed by atoms with E-state index >= 15 is 0 Å². The van der Waals surface area contributed by atoms with E-state index in [1.807, 2.05) is 7.05 Å². The van der Waals surface area contributed by atoms with Crippen LogP contribution in [0.3, 0.4) is 0 Å². The van der Waals surface area contributed by atoms with E-state index in [1.165, 1.54) is 39.5 Å². The SMILES string of the molecule is CNC(CCN1CCCN2CCCC2C1)C(=O)OC. The molecular weight excluding hydrogens is 242 g/mol. The molecule has 19 heavy (non-hydrogen) atoms. The first-order valence-electron chi connectivity index (χ1n) is 7.46. The van der Waals surface area contributed by atoms with Crippen LogP contribution in [0.5, 0.6) is 0 Å². The molecule has 0 aromatic carbocycles. The van der Waals surface area contributed by atoms with Crippen molar-refractivity contribution >= 4 is 5.97 Å². The smallest absolute Gasteiger partial charge is 0.322 e. The van der Waals surface area contributed by atoms with Crippen molar-refractivity contribution in [2.24, 2.45) is 0 Å². The van der Waals surface area contributed by atoms with Crippen molar-refractivity contribution in [2.75, 3.05) is 46.9 Å². The Balaban J connectivity index is 1.79. The third-order valence-corrected chi connectivity index (χ3v) is 4.46. The zero-order chi connectivity index (χ0) is 13.7. The number of carbonyl (C=O) groups excluding carboxylic acids is 1. The van der Waals surface area contributed by atoms with Crippen LogP contribution in [0.2, 0.25) is 0 Å². The van der Waals surface area contributed by atoms with Gasteiger partial charge in [0.2, 0.25) is 0 Å². The molecule has 2 rings (SSSR count). The van der Waals surface area contributed by atoms with E-state index in [-0.39, 0.29) is 12.0 Å². The quantitative estimate of drug-likeness (QED) is 0.728. The summed E-state index contributed by atoms with van der Waals surface area (Å²) in [7, 11) is 3.28. The van der Waals surface area contributed by atoms with Gasteiger partial charge < -0.3 is 15.0 Å². The normalized spacial score (nSPS) is 26.7. The molecule has 0 bridgehead atoms. The fourth-order valence-electron chi connectivity index (χ4n) is 3.32. The Morgan fingerprint density at radius 1 is 1.37 bits per heavy atom. The van der Waals surface area contributed by atoms with E-state index in [1.54, 1.807) is 0 Å². The highest BCUT2D eigenvalue weighted by Crippen LogP contribution is 2.21. The maximum Gasteiger partial charge on any atom is 0.322 e. The third kappa shape index (κ3) is 3.91. The number of ether oxygens (including phenoxy) is 1. The largest absolute Gasteiger partial charge is 0.468 e. The summed E-state index contributed by atoms with van der Waals surface area (Å²) in [5.41, 5.74) is 0. The summed E-state index contributed by atoms with van der Waals surface area (Å²) in [4.78, 5) is 16.7. The van der Waals surface area contributed by atoms with Crippen molar-refractivity contribution in [3.8, 4) is 0 Å². The maximum atomic E-state index is 11.6. The first-order valence-corrected chi connectivity index (χ1v) is 7.46. The molecule has 5 nitrogen and oxygen atoms in total. The number of hydrogen-bond acceptors (Lipinski definition) is 5. The minimum absolute atomic E-state index is 0.153. The van der Waals surface area contributed by atoms with Gasteiger partial charge in [0.1, 0.15) is 6.04 Å². The first-order chi connectivity index (χ1) is 9.24. The fraction of sp³-hybridized carbons (Fsp3) is 0.929. The molecule has 2 heterocycles. The molecule has 2 atom stereocenters. The third-order valence-electron chi connectivity index (χ3n) is 4.46. The number of nitrogens with zero attached hydrogens (tertiary/aromatic N) is 2. The first kappa shape index (κ1) is 14.8. The fourth-order valence-corrected chi connectivity index (χ4v) is 3.32. The average molecular weight is 269 g/mol. The van der Waals surface area contributed by atoms with Crippen molar-refractivity contribution in [1.82, 2.24) is 15.1 Å². The molecule has 0 aliphatic carbocycles. The van der Waals surface area contributed by atoms with Crippen LogP contribution >= 0.6 is 0 Å². The highest BCUT2D eigenvalue weighted by atomic mass is 16.5. The van der Waals surface area contributed by atoms with E-state index in [4.69, 9.17) is 4.74 Å². The summed E-state index contributed by atoms with van der Waals surface area (Å²) >= 11 is 0. The number of nitrogens with one attached hydrogen (secondary N) is 1. The number of hydrogen-bond donors (Lipinski definition) is 1. The van der Waals surface area contributed by atoms with Crippen LogP contribution in [-0.4, -0.2) is 74.7 Å². The Morgan fingerprint density at radius 3 is 2.89 bits per heavy atom. The van der Waals surface area contributed by atoms with Crippen LogP contribution < -0.4 is 5.32 Å². The van der Waals surface area contributed by atoms with Gasteiger partial charge in [0.25, 0.3) is 0 Å². The van der Waals surface area contributed by atoms with Crippen LogP contribution in [-0.2, 0) is 9.53 Å². The van der Waals surface area contributed by atoms with Gasteiger partial charge in [0.15, 0.2) is 0 Å². The van der Waals surface area contributed by atoms with E-state index < -0.39 is 0 Å². The molecule has 2 aliphatic heterocycles. The molecular formula is C14H27N3O2. The van der Waals surface area contributed by atoms with E-state index in [9.17, 15) is 4.79 Å². The Morgan fingerprint density at radius 2 is 2.16 bits per heavy atom. The molecule has 2 saturated heterocycles.